The second-order valence-corrected chi connectivity index (χ2v) is 7.37. The minimum absolute atomic E-state index is 0.359. The molecular formula is C18H19BrN6O2. The smallest absolute Gasteiger partial charge is 0.336 e. The van der Waals surface area contributed by atoms with Gasteiger partial charge in [0.1, 0.15) is 16.7 Å². The fourth-order valence-corrected chi connectivity index (χ4v) is 4.20. The molecule has 1 fully saturated rings. The van der Waals surface area contributed by atoms with E-state index in [0.29, 0.717) is 15.8 Å². The average molecular weight is 431 g/mol. The first-order chi connectivity index (χ1) is 13.0. The van der Waals surface area contributed by atoms with E-state index >= 15 is 0 Å². The van der Waals surface area contributed by atoms with E-state index < -0.39 is 5.97 Å². The van der Waals surface area contributed by atoms with E-state index in [0.717, 1.165) is 54.2 Å². The van der Waals surface area contributed by atoms with Crippen molar-refractivity contribution in [3.05, 3.63) is 39.8 Å². The Balaban J connectivity index is 1.60. The highest BCUT2D eigenvalue weighted by Gasteiger charge is 2.25. The molecule has 0 radical (unpaired) electrons. The van der Waals surface area contributed by atoms with E-state index in [4.69, 9.17) is 0 Å². The zero-order valence-electron chi connectivity index (χ0n) is 15.0. The van der Waals surface area contributed by atoms with Crippen molar-refractivity contribution in [2.45, 2.75) is 13.8 Å². The number of aryl methyl sites for hydroxylation is 1. The SMILES string of the molecule is Cc1ccc(C(=O)O)c(C)c1N1CCN(c2ncnc3[nH]nc(Br)c23)CC1. The van der Waals surface area contributed by atoms with E-state index in [1.165, 1.54) is 0 Å². The molecule has 0 unspecified atom stereocenters. The maximum Gasteiger partial charge on any atom is 0.336 e. The summed E-state index contributed by atoms with van der Waals surface area (Å²) in [5.41, 5.74) is 3.99. The maximum absolute atomic E-state index is 11.5. The molecule has 0 bridgehead atoms. The molecule has 2 aromatic heterocycles. The van der Waals surface area contributed by atoms with Crippen molar-refractivity contribution >= 4 is 44.4 Å². The van der Waals surface area contributed by atoms with E-state index in [1.54, 1.807) is 12.4 Å². The first kappa shape index (κ1) is 17.7. The number of nitrogens with one attached hydrogen (secondary N) is 1. The van der Waals surface area contributed by atoms with Crippen molar-refractivity contribution in [3.63, 3.8) is 0 Å². The molecule has 140 valence electrons. The highest BCUT2D eigenvalue weighted by Crippen LogP contribution is 2.32. The number of rotatable bonds is 3. The quantitative estimate of drug-likeness (QED) is 0.658. The molecule has 4 rings (SSSR count). The second-order valence-electron chi connectivity index (χ2n) is 6.62. The zero-order valence-corrected chi connectivity index (χ0v) is 16.6. The zero-order chi connectivity index (χ0) is 19.1. The van der Waals surface area contributed by atoms with Gasteiger partial charge in [0.25, 0.3) is 0 Å². The molecule has 9 heteroatoms. The third-order valence-corrected chi connectivity index (χ3v) is 5.63. The second kappa shape index (κ2) is 6.80. The number of carboxylic acids is 1. The summed E-state index contributed by atoms with van der Waals surface area (Å²) < 4.78 is 0.705. The van der Waals surface area contributed by atoms with Gasteiger partial charge in [-0.3, -0.25) is 5.10 Å². The molecule has 0 amide bonds. The molecule has 3 heterocycles. The number of anilines is 2. The first-order valence-electron chi connectivity index (χ1n) is 8.65. The van der Waals surface area contributed by atoms with Gasteiger partial charge in [0.2, 0.25) is 0 Å². The number of benzene rings is 1. The number of carboxylic acid groups (broad SMARTS) is 1. The third-order valence-electron chi connectivity index (χ3n) is 5.05. The topological polar surface area (TPSA) is 98.2 Å². The fourth-order valence-electron chi connectivity index (χ4n) is 3.74. The molecule has 0 atom stereocenters. The summed E-state index contributed by atoms with van der Waals surface area (Å²) in [7, 11) is 0. The largest absolute Gasteiger partial charge is 0.478 e. The number of hydrogen-bond acceptors (Lipinski definition) is 6. The summed E-state index contributed by atoms with van der Waals surface area (Å²) in [5.74, 6) is -0.0337. The Bertz CT molecular complexity index is 1030. The van der Waals surface area contributed by atoms with E-state index in [1.807, 2.05) is 19.9 Å². The van der Waals surface area contributed by atoms with Crippen molar-refractivity contribution < 1.29 is 9.90 Å². The molecule has 1 saturated heterocycles. The Hall–Kier alpha value is -2.68. The fraction of sp³-hybridized carbons (Fsp3) is 0.333. The van der Waals surface area contributed by atoms with Gasteiger partial charge in [-0.25, -0.2) is 14.8 Å². The van der Waals surface area contributed by atoms with Crippen LogP contribution in [0.15, 0.2) is 23.1 Å². The van der Waals surface area contributed by atoms with Crippen molar-refractivity contribution in [3.8, 4) is 0 Å². The number of piperazine rings is 1. The number of halogens is 1. The van der Waals surface area contributed by atoms with Gasteiger partial charge in [0.15, 0.2) is 5.65 Å². The number of aromatic carboxylic acids is 1. The average Bonchev–Trinajstić information content (AvgIpc) is 3.03. The highest BCUT2D eigenvalue weighted by molar-refractivity contribution is 9.10. The Kier molecular flexibility index (Phi) is 4.47. The summed E-state index contributed by atoms with van der Waals surface area (Å²) in [6.07, 6.45) is 1.54. The molecule has 0 aliphatic carbocycles. The van der Waals surface area contributed by atoms with Crippen molar-refractivity contribution in [1.29, 1.82) is 0 Å². The van der Waals surface area contributed by atoms with Crippen LogP contribution in [-0.4, -0.2) is 57.4 Å². The van der Waals surface area contributed by atoms with Gasteiger partial charge in [0.05, 0.1) is 10.9 Å². The van der Waals surface area contributed by atoms with Gasteiger partial charge in [-0.05, 0) is 47.0 Å². The lowest BCUT2D eigenvalue weighted by Gasteiger charge is -2.38. The van der Waals surface area contributed by atoms with Crippen LogP contribution in [0.5, 0.6) is 0 Å². The van der Waals surface area contributed by atoms with Crippen LogP contribution in [0.4, 0.5) is 11.5 Å². The van der Waals surface area contributed by atoms with Crippen LogP contribution >= 0.6 is 15.9 Å². The number of hydrogen-bond donors (Lipinski definition) is 2. The third kappa shape index (κ3) is 3.01. The lowest BCUT2D eigenvalue weighted by Crippen LogP contribution is -2.47. The number of H-pyrrole nitrogens is 1. The Morgan fingerprint density at radius 2 is 1.85 bits per heavy atom. The Morgan fingerprint density at radius 1 is 1.15 bits per heavy atom. The van der Waals surface area contributed by atoms with E-state index in [-0.39, 0.29) is 0 Å². The predicted molar refractivity (Wildman–Crippen MR) is 107 cm³/mol. The Labute approximate surface area is 164 Å². The minimum Gasteiger partial charge on any atom is -0.478 e. The van der Waals surface area contributed by atoms with Crippen LogP contribution in [0.2, 0.25) is 0 Å². The molecule has 1 aliphatic rings. The molecule has 27 heavy (non-hydrogen) atoms. The standard InChI is InChI=1S/C18H19BrN6O2/c1-10-3-4-12(18(26)27)11(2)14(10)24-5-7-25(8-6-24)17-13-15(19)22-23-16(13)20-9-21-17/h3-4,9H,5-8H2,1-2H3,(H,26,27)(H,20,21,22,23). The molecule has 8 nitrogen and oxygen atoms in total. The molecule has 0 saturated carbocycles. The van der Waals surface area contributed by atoms with Gasteiger partial charge in [-0.1, -0.05) is 6.07 Å². The number of fused-ring (bicyclic) bond motifs is 1. The summed E-state index contributed by atoms with van der Waals surface area (Å²) in [4.78, 5) is 24.6. The van der Waals surface area contributed by atoms with Crippen LogP contribution < -0.4 is 9.80 Å². The molecule has 0 spiro atoms. The summed E-state index contributed by atoms with van der Waals surface area (Å²) in [5, 5.41) is 17.4. The predicted octanol–water partition coefficient (Wildman–Crippen LogP) is 2.76. The maximum atomic E-state index is 11.5. The van der Waals surface area contributed by atoms with Gasteiger partial charge in [-0.15, -0.1) is 0 Å². The summed E-state index contributed by atoms with van der Waals surface area (Å²) in [6, 6.07) is 3.56. The van der Waals surface area contributed by atoms with Crippen LogP contribution in [0.1, 0.15) is 21.5 Å². The van der Waals surface area contributed by atoms with Crippen LogP contribution in [-0.2, 0) is 0 Å². The normalized spacial score (nSPS) is 14.8. The lowest BCUT2D eigenvalue weighted by atomic mass is 10.0. The number of carbonyl (C=O) groups is 1. The molecule has 1 aromatic carbocycles. The number of aromatic amines is 1. The van der Waals surface area contributed by atoms with Crippen molar-refractivity contribution in [1.82, 2.24) is 20.2 Å². The number of nitrogens with zero attached hydrogens (tertiary/aromatic N) is 5. The Morgan fingerprint density at radius 3 is 2.56 bits per heavy atom. The van der Waals surface area contributed by atoms with Gasteiger partial charge >= 0.3 is 5.97 Å². The monoisotopic (exact) mass is 430 g/mol. The van der Waals surface area contributed by atoms with E-state index in [2.05, 4.69) is 45.9 Å². The van der Waals surface area contributed by atoms with Crippen molar-refractivity contribution in [2.75, 3.05) is 36.0 Å². The number of aromatic nitrogens is 4. The van der Waals surface area contributed by atoms with Crippen LogP contribution in [0, 0.1) is 13.8 Å². The first-order valence-corrected chi connectivity index (χ1v) is 9.44. The van der Waals surface area contributed by atoms with Gasteiger partial charge in [-0.2, -0.15) is 5.10 Å². The molecule has 1 aliphatic heterocycles. The van der Waals surface area contributed by atoms with Gasteiger partial charge < -0.3 is 14.9 Å². The minimum atomic E-state index is -0.888. The summed E-state index contributed by atoms with van der Waals surface area (Å²) in [6.45, 7) is 7.03. The van der Waals surface area contributed by atoms with Crippen molar-refractivity contribution in [2.24, 2.45) is 0 Å². The molecule has 2 N–H and O–H groups in total. The summed E-state index contributed by atoms with van der Waals surface area (Å²) >= 11 is 3.46. The highest BCUT2D eigenvalue weighted by atomic mass is 79.9. The molecule has 3 aromatic rings. The lowest BCUT2D eigenvalue weighted by molar-refractivity contribution is 0.0696. The van der Waals surface area contributed by atoms with Crippen LogP contribution in [0.25, 0.3) is 11.0 Å². The van der Waals surface area contributed by atoms with E-state index in [9.17, 15) is 9.90 Å². The van der Waals surface area contributed by atoms with Crippen LogP contribution in [0.3, 0.4) is 0 Å². The molecular weight excluding hydrogens is 412 g/mol. The van der Waals surface area contributed by atoms with Gasteiger partial charge in [0, 0.05) is 31.9 Å².